The van der Waals surface area contributed by atoms with Gasteiger partial charge in [0, 0.05) is 0 Å². The summed E-state index contributed by atoms with van der Waals surface area (Å²) in [6.07, 6.45) is 5.90. The van der Waals surface area contributed by atoms with Gasteiger partial charge >= 0.3 is 0 Å². The molecule has 0 saturated heterocycles. The SMILES string of the molecule is N#CC1(c2ccc(C=CC=O)cc2)CC1. The number of hydrogen-bond acceptors (Lipinski definition) is 2. The summed E-state index contributed by atoms with van der Waals surface area (Å²) in [6, 6.07) is 10.2. The van der Waals surface area contributed by atoms with Crippen molar-refractivity contribution in [2.75, 3.05) is 0 Å². The lowest BCUT2D eigenvalue weighted by Crippen LogP contribution is -2.01. The third-order valence-electron chi connectivity index (χ3n) is 2.79. The number of nitriles is 1. The molecule has 0 atom stereocenters. The Morgan fingerprint density at radius 1 is 1.27 bits per heavy atom. The van der Waals surface area contributed by atoms with Crippen LogP contribution < -0.4 is 0 Å². The fraction of sp³-hybridized carbons (Fsp3) is 0.231. The van der Waals surface area contributed by atoms with Crippen LogP contribution in [0, 0.1) is 11.3 Å². The van der Waals surface area contributed by atoms with Crippen molar-refractivity contribution in [3.63, 3.8) is 0 Å². The van der Waals surface area contributed by atoms with Crippen LogP contribution in [-0.2, 0) is 10.2 Å². The van der Waals surface area contributed by atoms with E-state index >= 15 is 0 Å². The van der Waals surface area contributed by atoms with Crippen molar-refractivity contribution >= 4 is 12.4 Å². The molecular weight excluding hydrogens is 186 g/mol. The average Bonchev–Trinajstić information content (AvgIpc) is 3.08. The number of allylic oxidation sites excluding steroid dienone is 1. The van der Waals surface area contributed by atoms with Crippen LogP contribution in [0.1, 0.15) is 24.0 Å². The quantitative estimate of drug-likeness (QED) is 0.551. The van der Waals surface area contributed by atoms with Crippen molar-refractivity contribution in [2.24, 2.45) is 0 Å². The van der Waals surface area contributed by atoms with E-state index in [1.165, 1.54) is 6.08 Å². The third kappa shape index (κ3) is 1.82. The van der Waals surface area contributed by atoms with Gasteiger partial charge in [-0.1, -0.05) is 30.3 Å². The van der Waals surface area contributed by atoms with Crippen molar-refractivity contribution in [1.29, 1.82) is 5.26 Å². The standard InChI is InChI=1S/C13H11NO/c14-10-13(7-8-13)12-5-3-11(4-6-12)2-1-9-15/h1-6,9H,7-8H2. The van der Waals surface area contributed by atoms with Crippen molar-refractivity contribution in [3.8, 4) is 6.07 Å². The summed E-state index contributed by atoms with van der Waals surface area (Å²) in [7, 11) is 0. The molecule has 2 nitrogen and oxygen atoms in total. The summed E-state index contributed by atoms with van der Waals surface area (Å²) in [5.41, 5.74) is 1.86. The van der Waals surface area contributed by atoms with Crippen LogP contribution in [0.4, 0.5) is 0 Å². The Morgan fingerprint density at radius 2 is 1.93 bits per heavy atom. The summed E-state index contributed by atoms with van der Waals surface area (Å²) in [6.45, 7) is 0. The summed E-state index contributed by atoms with van der Waals surface area (Å²) < 4.78 is 0. The molecule has 0 spiro atoms. The molecule has 2 rings (SSSR count). The highest BCUT2D eigenvalue weighted by molar-refractivity contribution is 5.73. The van der Waals surface area contributed by atoms with Gasteiger partial charge in [0.1, 0.15) is 6.29 Å². The second-order valence-corrected chi connectivity index (χ2v) is 3.81. The molecule has 1 aliphatic rings. The van der Waals surface area contributed by atoms with E-state index in [0.29, 0.717) is 0 Å². The Morgan fingerprint density at radius 3 is 2.40 bits per heavy atom. The van der Waals surface area contributed by atoms with Crippen LogP contribution in [0.15, 0.2) is 30.3 Å². The molecule has 2 heteroatoms. The molecule has 0 aliphatic heterocycles. The van der Waals surface area contributed by atoms with Crippen molar-refractivity contribution in [1.82, 2.24) is 0 Å². The zero-order chi connectivity index (χ0) is 10.7. The number of benzene rings is 1. The van der Waals surface area contributed by atoms with E-state index in [9.17, 15) is 4.79 Å². The third-order valence-corrected chi connectivity index (χ3v) is 2.79. The monoisotopic (exact) mass is 197 g/mol. The van der Waals surface area contributed by atoms with E-state index in [0.717, 1.165) is 30.3 Å². The fourth-order valence-electron chi connectivity index (χ4n) is 1.65. The van der Waals surface area contributed by atoms with E-state index in [1.807, 2.05) is 24.3 Å². The van der Waals surface area contributed by atoms with Gasteiger partial charge in [-0.25, -0.2) is 0 Å². The topological polar surface area (TPSA) is 40.9 Å². The van der Waals surface area contributed by atoms with Gasteiger partial charge in [-0.05, 0) is 30.0 Å². The normalized spacial score (nSPS) is 17.3. The molecule has 0 heterocycles. The van der Waals surface area contributed by atoms with Crippen LogP contribution in [0.25, 0.3) is 6.08 Å². The van der Waals surface area contributed by atoms with Gasteiger partial charge in [0.25, 0.3) is 0 Å². The first kappa shape index (κ1) is 9.67. The van der Waals surface area contributed by atoms with Crippen LogP contribution in [0.2, 0.25) is 0 Å². The lowest BCUT2D eigenvalue weighted by atomic mass is 9.97. The molecular formula is C13H11NO. The molecule has 74 valence electrons. The highest BCUT2D eigenvalue weighted by atomic mass is 16.1. The predicted molar refractivity (Wildman–Crippen MR) is 58.1 cm³/mol. The smallest absolute Gasteiger partial charge is 0.142 e. The molecule has 0 bridgehead atoms. The number of rotatable bonds is 3. The van der Waals surface area contributed by atoms with Crippen LogP contribution in [0.3, 0.4) is 0 Å². The molecule has 0 aromatic heterocycles. The first-order chi connectivity index (χ1) is 7.30. The summed E-state index contributed by atoms with van der Waals surface area (Å²) in [4.78, 5) is 10.1. The second-order valence-electron chi connectivity index (χ2n) is 3.81. The summed E-state index contributed by atoms with van der Waals surface area (Å²) in [5, 5.41) is 9.01. The summed E-state index contributed by atoms with van der Waals surface area (Å²) in [5.74, 6) is 0. The lowest BCUT2D eigenvalue weighted by Gasteiger charge is -2.05. The van der Waals surface area contributed by atoms with Crippen LogP contribution in [-0.4, -0.2) is 6.29 Å². The minimum atomic E-state index is -0.215. The van der Waals surface area contributed by atoms with E-state index in [4.69, 9.17) is 5.26 Å². The molecule has 1 aliphatic carbocycles. The zero-order valence-electron chi connectivity index (χ0n) is 8.31. The molecule has 1 aromatic carbocycles. The minimum absolute atomic E-state index is 0.215. The van der Waals surface area contributed by atoms with Crippen molar-refractivity contribution in [3.05, 3.63) is 41.5 Å². The van der Waals surface area contributed by atoms with Gasteiger partial charge in [-0.15, -0.1) is 0 Å². The molecule has 0 radical (unpaired) electrons. The van der Waals surface area contributed by atoms with Gasteiger partial charge in [-0.2, -0.15) is 5.26 Å². The van der Waals surface area contributed by atoms with Crippen LogP contribution >= 0.6 is 0 Å². The molecule has 15 heavy (non-hydrogen) atoms. The van der Waals surface area contributed by atoms with Gasteiger partial charge in [-0.3, -0.25) is 4.79 Å². The number of carbonyl (C=O) groups excluding carboxylic acids is 1. The van der Waals surface area contributed by atoms with Gasteiger partial charge < -0.3 is 0 Å². The second kappa shape index (κ2) is 3.70. The Kier molecular flexibility index (Phi) is 2.39. The Bertz CT molecular complexity index is 433. The molecule has 1 fully saturated rings. The zero-order valence-corrected chi connectivity index (χ0v) is 8.31. The molecule has 1 saturated carbocycles. The van der Waals surface area contributed by atoms with Crippen molar-refractivity contribution < 1.29 is 4.79 Å². The molecule has 1 aromatic rings. The largest absolute Gasteiger partial charge is 0.299 e. The van der Waals surface area contributed by atoms with Crippen LogP contribution in [0.5, 0.6) is 0 Å². The fourth-order valence-corrected chi connectivity index (χ4v) is 1.65. The molecule has 0 N–H and O–H groups in total. The van der Waals surface area contributed by atoms with E-state index in [2.05, 4.69) is 6.07 Å². The Labute approximate surface area is 88.8 Å². The minimum Gasteiger partial charge on any atom is -0.299 e. The molecule has 0 amide bonds. The van der Waals surface area contributed by atoms with E-state index in [1.54, 1.807) is 6.08 Å². The number of nitrogens with zero attached hydrogens (tertiary/aromatic N) is 1. The first-order valence-electron chi connectivity index (χ1n) is 4.94. The predicted octanol–water partition coefficient (Wildman–Crippen LogP) is 2.45. The maximum Gasteiger partial charge on any atom is 0.142 e. The van der Waals surface area contributed by atoms with E-state index in [-0.39, 0.29) is 5.41 Å². The Hall–Kier alpha value is -1.88. The molecule has 0 unspecified atom stereocenters. The number of aldehydes is 1. The summed E-state index contributed by atoms with van der Waals surface area (Å²) >= 11 is 0. The number of carbonyl (C=O) groups is 1. The highest BCUT2D eigenvalue weighted by Gasteiger charge is 2.44. The van der Waals surface area contributed by atoms with Gasteiger partial charge in [0.05, 0.1) is 11.5 Å². The maximum atomic E-state index is 10.1. The highest BCUT2D eigenvalue weighted by Crippen LogP contribution is 2.47. The lowest BCUT2D eigenvalue weighted by molar-refractivity contribution is -0.104. The maximum absolute atomic E-state index is 10.1. The number of hydrogen-bond donors (Lipinski definition) is 0. The van der Waals surface area contributed by atoms with Gasteiger partial charge in [0.2, 0.25) is 0 Å². The van der Waals surface area contributed by atoms with E-state index < -0.39 is 0 Å². The van der Waals surface area contributed by atoms with Gasteiger partial charge in [0.15, 0.2) is 0 Å². The average molecular weight is 197 g/mol. The first-order valence-corrected chi connectivity index (χ1v) is 4.94. The Balaban J connectivity index is 2.22. The van der Waals surface area contributed by atoms with Crippen molar-refractivity contribution in [2.45, 2.75) is 18.3 Å².